The third-order valence-electron chi connectivity index (χ3n) is 6.34. The molecular weight excluding hydrogens is 432 g/mol. The highest BCUT2D eigenvalue weighted by atomic mass is 16.6. The van der Waals surface area contributed by atoms with Crippen LogP contribution in [0.25, 0.3) is 0 Å². The van der Waals surface area contributed by atoms with Gasteiger partial charge in [0.25, 0.3) is 0 Å². The van der Waals surface area contributed by atoms with Crippen LogP contribution in [0, 0.1) is 19.3 Å². The second-order valence-corrected chi connectivity index (χ2v) is 10.8. The Bertz CT molecular complexity index is 1090. The number of aromatic nitrogens is 2. The van der Waals surface area contributed by atoms with Gasteiger partial charge in [0, 0.05) is 19.2 Å². The number of aryl methyl sites for hydroxylation is 2. The minimum atomic E-state index is -0.686. The Kier molecular flexibility index (Phi) is 6.92. The first-order chi connectivity index (χ1) is 15.7. The fourth-order valence-electron chi connectivity index (χ4n) is 4.42. The van der Waals surface area contributed by atoms with Gasteiger partial charge in [0.05, 0.1) is 12.7 Å². The average Bonchev–Trinajstić information content (AvgIpc) is 3.07. The molecule has 1 aliphatic rings. The van der Waals surface area contributed by atoms with E-state index in [0.717, 1.165) is 16.8 Å². The van der Waals surface area contributed by atoms with E-state index in [0.29, 0.717) is 24.4 Å². The van der Waals surface area contributed by atoms with E-state index in [4.69, 9.17) is 4.74 Å². The summed E-state index contributed by atoms with van der Waals surface area (Å²) in [6, 6.07) is 5.16. The molecular formula is C26H36N4O4. The quantitative estimate of drug-likeness (QED) is 0.666. The lowest BCUT2D eigenvalue weighted by atomic mass is 9.75. The van der Waals surface area contributed by atoms with Crippen LogP contribution in [0.1, 0.15) is 74.9 Å². The maximum absolute atomic E-state index is 13.6. The van der Waals surface area contributed by atoms with Crippen LogP contribution in [0.4, 0.5) is 5.69 Å². The van der Waals surface area contributed by atoms with Gasteiger partial charge in [-0.3, -0.25) is 9.59 Å². The number of carbonyl (C=O) groups excluding carboxylic acids is 3. The average molecular weight is 469 g/mol. The largest absolute Gasteiger partial charge is 0.455 e. The number of para-hydroxylation sites is 1. The summed E-state index contributed by atoms with van der Waals surface area (Å²) in [5.41, 5.74) is 1.92. The minimum Gasteiger partial charge on any atom is -0.455 e. The van der Waals surface area contributed by atoms with Gasteiger partial charge in [0.1, 0.15) is 23.2 Å². The monoisotopic (exact) mass is 468 g/mol. The molecule has 2 heterocycles. The van der Waals surface area contributed by atoms with E-state index < -0.39 is 23.0 Å². The van der Waals surface area contributed by atoms with Crippen molar-refractivity contribution in [3.8, 4) is 0 Å². The predicted molar refractivity (Wildman–Crippen MR) is 130 cm³/mol. The normalized spacial score (nSPS) is 18.1. The highest BCUT2D eigenvalue weighted by Gasteiger charge is 2.46. The van der Waals surface area contributed by atoms with Gasteiger partial charge in [0.2, 0.25) is 11.8 Å². The van der Waals surface area contributed by atoms with Crippen molar-refractivity contribution in [1.29, 1.82) is 0 Å². The highest BCUT2D eigenvalue weighted by molar-refractivity contribution is 5.99. The molecule has 8 nitrogen and oxygen atoms in total. The minimum absolute atomic E-state index is 0.109. The maximum Gasteiger partial charge on any atom is 0.357 e. The molecule has 184 valence electrons. The SMILES string of the molecule is Cc1cccc(C)c1NC(=O)C1N(Cc2ncc(C(=O)OC(C)(C)C)n2C)C(=O)CCC1(C)C. The molecule has 1 aromatic heterocycles. The number of hydrogen-bond acceptors (Lipinski definition) is 5. The van der Waals surface area contributed by atoms with Gasteiger partial charge in [-0.25, -0.2) is 9.78 Å². The number of rotatable bonds is 5. The number of hydrogen-bond donors (Lipinski definition) is 1. The number of amides is 2. The zero-order valence-electron chi connectivity index (χ0n) is 21.5. The Morgan fingerprint density at radius 3 is 2.41 bits per heavy atom. The summed E-state index contributed by atoms with van der Waals surface area (Å²) in [6.45, 7) is 13.4. The Balaban J connectivity index is 1.90. The number of piperidine rings is 1. The molecule has 3 rings (SSSR count). The second kappa shape index (κ2) is 9.24. The van der Waals surface area contributed by atoms with Gasteiger partial charge in [-0.2, -0.15) is 0 Å². The molecule has 0 radical (unpaired) electrons. The molecule has 0 spiro atoms. The summed E-state index contributed by atoms with van der Waals surface area (Å²) in [7, 11) is 1.72. The molecule has 1 aromatic carbocycles. The molecule has 1 N–H and O–H groups in total. The Labute approximate surface area is 201 Å². The number of nitrogens with zero attached hydrogens (tertiary/aromatic N) is 3. The van der Waals surface area contributed by atoms with E-state index in [1.165, 1.54) is 6.20 Å². The Morgan fingerprint density at radius 2 is 1.82 bits per heavy atom. The van der Waals surface area contributed by atoms with E-state index in [9.17, 15) is 14.4 Å². The molecule has 0 aliphatic carbocycles. The molecule has 34 heavy (non-hydrogen) atoms. The van der Waals surface area contributed by atoms with E-state index in [2.05, 4.69) is 10.3 Å². The Morgan fingerprint density at radius 1 is 1.21 bits per heavy atom. The van der Waals surface area contributed by atoms with Crippen molar-refractivity contribution in [1.82, 2.24) is 14.5 Å². The summed E-state index contributed by atoms with van der Waals surface area (Å²) in [5, 5.41) is 3.07. The molecule has 1 atom stereocenters. The lowest BCUT2D eigenvalue weighted by Gasteiger charge is -2.45. The third-order valence-corrected chi connectivity index (χ3v) is 6.34. The van der Waals surface area contributed by atoms with Crippen molar-refractivity contribution in [3.63, 3.8) is 0 Å². The van der Waals surface area contributed by atoms with Crippen LogP contribution < -0.4 is 5.32 Å². The number of benzene rings is 1. The molecule has 1 saturated heterocycles. The standard InChI is InChI=1S/C26H36N4O4/c1-16-10-9-11-17(2)21(16)28-23(32)22-26(6,7)13-12-20(31)30(22)15-19-27-14-18(29(19)8)24(33)34-25(3,4)5/h9-11,14,22H,12-13,15H2,1-8H3,(H,28,32). The molecule has 0 saturated carbocycles. The van der Waals surface area contributed by atoms with Crippen molar-refractivity contribution < 1.29 is 19.1 Å². The predicted octanol–water partition coefficient (Wildman–Crippen LogP) is 4.15. The van der Waals surface area contributed by atoms with Crippen LogP contribution in [0.15, 0.2) is 24.4 Å². The molecule has 8 heteroatoms. The van der Waals surface area contributed by atoms with Crippen LogP contribution in [0.3, 0.4) is 0 Å². The first-order valence-electron chi connectivity index (χ1n) is 11.6. The van der Waals surface area contributed by atoms with Gasteiger partial charge in [-0.05, 0) is 57.6 Å². The zero-order chi connectivity index (χ0) is 25.4. The zero-order valence-corrected chi connectivity index (χ0v) is 21.5. The lowest BCUT2D eigenvalue weighted by molar-refractivity contribution is -0.149. The topological polar surface area (TPSA) is 93.5 Å². The van der Waals surface area contributed by atoms with Gasteiger partial charge in [-0.1, -0.05) is 32.0 Å². The first kappa shape index (κ1) is 25.5. The van der Waals surface area contributed by atoms with Crippen LogP contribution in [0.2, 0.25) is 0 Å². The summed E-state index contributed by atoms with van der Waals surface area (Å²) >= 11 is 0. The van der Waals surface area contributed by atoms with Crippen molar-refractivity contribution in [3.05, 3.63) is 47.0 Å². The third kappa shape index (κ3) is 5.32. The number of esters is 1. The second-order valence-electron chi connectivity index (χ2n) is 10.8. The van der Waals surface area contributed by atoms with Gasteiger partial charge < -0.3 is 19.5 Å². The lowest BCUT2D eigenvalue weighted by Crippen LogP contribution is -2.58. The molecule has 2 aromatic rings. The summed E-state index contributed by atoms with van der Waals surface area (Å²) < 4.78 is 7.09. The van der Waals surface area contributed by atoms with Crippen molar-refractivity contribution in [2.24, 2.45) is 12.5 Å². The number of likely N-dealkylation sites (tertiary alicyclic amines) is 1. The van der Waals surface area contributed by atoms with E-state index in [-0.39, 0.29) is 18.4 Å². The van der Waals surface area contributed by atoms with Crippen LogP contribution in [0.5, 0.6) is 0 Å². The maximum atomic E-state index is 13.6. The number of imidazole rings is 1. The summed E-state index contributed by atoms with van der Waals surface area (Å²) in [5.74, 6) is -0.306. The highest BCUT2D eigenvalue weighted by Crippen LogP contribution is 2.37. The van der Waals surface area contributed by atoms with E-state index in [1.54, 1.807) is 37.3 Å². The van der Waals surface area contributed by atoms with Gasteiger partial charge >= 0.3 is 5.97 Å². The fraction of sp³-hybridized carbons (Fsp3) is 0.538. The van der Waals surface area contributed by atoms with E-state index in [1.807, 2.05) is 45.9 Å². The van der Waals surface area contributed by atoms with Gasteiger partial charge in [-0.15, -0.1) is 0 Å². The number of carbonyl (C=O) groups is 3. The fourth-order valence-corrected chi connectivity index (χ4v) is 4.42. The van der Waals surface area contributed by atoms with Crippen LogP contribution in [-0.2, 0) is 27.9 Å². The smallest absolute Gasteiger partial charge is 0.357 e. The van der Waals surface area contributed by atoms with Crippen molar-refractivity contribution in [2.45, 2.75) is 79.5 Å². The first-order valence-corrected chi connectivity index (χ1v) is 11.6. The molecule has 1 unspecified atom stereocenters. The van der Waals surface area contributed by atoms with E-state index >= 15 is 0 Å². The number of anilines is 1. The Hall–Kier alpha value is -3.16. The van der Waals surface area contributed by atoms with Gasteiger partial charge in [0.15, 0.2) is 0 Å². The molecule has 0 bridgehead atoms. The van der Waals surface area contributed by atoms with Crippen molar-refractivity contribution in [2.75, 3.05) is 5.32 Å². The van der Waals surface area contributed by atoms with Crippen LogP contribution >= 0.6 is 0 Å². The molecule has 1 aliphatic heterocycles. The summed E-state index contributed by atoms with van der Waals surface area (Å²) in [6.07, 6.45) is 2.41. The number of nitrogens with one attached hydrogen (secondary N) is 1. The molecule has 2 amide bonds. The molecule has 1 fully saturated rings. The number of ether oxygens (including phenoxy) is 1. The summed E-state index contributed by atoms with van der Waals surface area (Å²) in [4.78, 5) is 45.2. The van der Waals surface area contributed by atoms with Crippen molar-refractivity contribution >= 4 is 23.5 Å². The van der Waals surface area contributed by atoms with Crippen LogP contribution in [-0.4, -0.2) is 43.9 Å².